The fourth-order valence-electron chi connectivity index (χ4n) is 3.77. The number of hydrogen-bond donors (Lipinski definition) is 2. The number of imide groups is 1. The Morgan fingerprint density at radius 2 is 1.94 bits per heavy atom. The minimum absolute atomic E-state index is 0.172. The van der Waals surface area contributed by atoms with Gasteiger partial charge in [-0.1, -0.05) is 18.2 Å². The summed E-state index contributed by atoms with van der Waals surface area (Å²) in [5.41, 5.74) is 1.39. The zero-order valence-corrected chi connectivity index (χ0v) is 20.0. The molecule has 4 rings (SSSR count). The van der Waals surface area contributed by atoms with E-state index in [9.17, 15) is 18.0 Å². The van der Waals surface area contributed by atoms with E-state index in [1.54, 1.807) is 29.4 Å². The molecule has 11 heteroatoms. The Bertz CT molecular complexity index is 1120. The van der Waals surface area contributed by atoms with Crippen LogP contribution in [0.25, 0.3) is 11.0 Å². The summed E-state index contributed by atoms with van der Waals surface area (Å²) in [5, 5.41) is 5.18. The number of rotatable bonds is 7. The summed E-state index contributed by atoms with van der Waals surface area (Å²) in [6.45, 7) is 5.40. The average molecular weight is 480 g/mol. The highest BCUT2D eigenvalue weighted by atomic mass is 32.2. The van der Waals surface area contributed by atoms with Crippen molar-refractivity contribution in [2.24, 2.45) is 0 Å². The standard InChI is InChI=1S/C21H29N5O4S2/c1-3-26-18-10-9-16(32(29,30)25-11-5-4-6-12-25)13-17(18)23-21(26)31-14(2)19(27)24-20(28)22-15-7-8-15/h9-10,13-15H,3-8,11-12H2,1-2H3,(H2,22,24,27,28). The first-order chi connectivity index (χ1) is 15.3. The van der Waals surface area contributed by atoms with Gasteiger partial charge in [-0.05, 0) is 57.7 Å². The fraction of sp³-hybridized carbons (Fsp3) is 0.571. The van der Waals surface area contributed by atoms with E-state index in [1.807, 2.05) is 11.5 Å². The van der Waals surface area contributed by atoms with Crippen molar-refractivity contribution in [2.45, 2.75) is 73.8 Å². The summed E-state index contributed by atoms with van der Waals surface area (Å²) in [5.74, 6) is -0.392. The molecule has 2 aromatic rings. The number of carbonyl (C=O) groups excluding carboxylic acids is 2. The number of nitrogens with one attached hydrogen (secondary N) is 2. The Kier molecular flexibility index (Phi) is 6.78. The molecule has 1 aromatic heterocycles. The first-order valence-corrected chi connectivity index (χ1v) is 13.4. The van der Waals surface area contributed by atoms with Gasteiger partial charge >= 0.3 is 6.03 Å². The Labute approximate surface area is 192 Å². The summed E-state index contributed by atoms with van der Waals surface area (Å²) >= 11 is 1.25. The maximum atomic E-state index is 13.0. The molecule has 1 unspecified atom stereocenters. The van der Waals surface area contributed by atoms with Crippen molar-refractivity contribution < 1.29 is 18.0 Å². The molecule has 0 spiro atoms. The molecular formula is C21H29N5O4S2. The fourth-order valence-corrected chi connectivity index (χ4v) is 6.30. The SMILES string of the molecule is CCn1c(SC(C)C(=O)NC(=O)NC2CC2)nc2cc(S(=O)(=O)N3CCCCC3)ccc21. The van der Waals surface area contributed by atoms with Crippen LogP contribution in [0.5, 0.6) is 0 Å². The van der Waals surface area contributed by atoms with Crippen molar-refractivity contribution in [3.8, 4) is 0 Å². The van der Waals surface area contributed by atoms with E-state index in [-0.39, 0.29) is 10.9 Å². The second-order valence-corrected chi connectivity index (χ2v) is 11.5. The summed E-state index contributed by atoms with van der Waals surface area (Å²) in [7, 11) is -3.55. The van der Waals surface area contributed by atoms with Crippen LogP contribution in [0.4, 0.5) is 4.79 Å². The third-order valence-electron chi connectivity index (χ3n) is 5.75. The van der Waals surface area contributed by atoms with E-state index in [4.69, 9.17) is 0 Å². The van der Waals surface area contributed by atoms with Gasteiger partial charge in [0.2, 0.25) is 15.9 Å². The molecule has 174 valence electrons. The van der Waals surface area contributed by atoms with E-state index in [0.29, 0.717) is 30.3 Å². The monoisotopic (exact) mass is 479 g/mol. The third-order valence-corrected chi connectivity index (χ3v) is 8.74. The molecule has 2 heterocycles. The van der Waals surface area contributed by atoms with Crippen molar-refractivity contribution in [1.82, 2.24) is 24.5 Å². The van der Waals surface area contributed by atoms with Crippen LogP contribution in [-0.4, -0.2) is 58.6 Å². The number of carbonyl (C=O) groups is 2. The molecule has 1 aliphatic heterocycles. The highest BCUT2D eigenvalue weighted by Crippen LogP contribution is 2.30. The van der Waals surface area contributed by atoms with E-state index >= 15 is 0 Å². The predicted octanol–water partition coefficient (Wildman–Crippen LogP) is 2.70. The first-order valence-electron chi connectivity index (χ1n) is 11.1. The van der Waals surface area contributed by atoms with E-state index < -0.39 is 27.2 Å². The molecule has 0 radical (unpaired) electrons. The molecule has 1 saturated heterocycles. The highest BCUT2D eigenvalue weighted by Gasteiger charge is 2.28. The summed E-state index contributed by atoms with van der Waals surface area (Å²) < 4.78 is 29.6. The molecular weight excluding hydrogens is 450 g/mol. The minimum atomic E-state index is -3.55. The van der Waals surface area contributed by atoms with Crippen molar-refractivity contribution in [3.05, 3.63) is 18.2 Å². The van der Waals surface area contributed by atoms with Gasteiger partial charge in [-0.15, -0.1) is 0 Å². The average Bonchev–Trinajstić information content (AvgIpc) is 3.52. The Morgan fingerprint density at radius 1 is 1.22 bits per heavy atom. The van der Waals surface area contributed by atoms with Gasteiger partial charge in [0.1, 0.15) is 0 Å². The number of fused-ring (bicyclic) bond motifs is 1. The van der Waals surface area contributed by atoms with Crippen molar-refractivity contribution >= 4 is 44.8 Å². The lowest BCUT2D eigenvalue weighted by Crippen LogP contribution is -2.43. The zero-order chi connectivity index (χ0) is 22.9. The summed E-state index contributed by atoms with van der Waals surface area (Å²) in [4.78, 5) is 29.1. The van der Waals surface area contributed by atoms with Crippen LogP contribution in [0.1, 0.15) is 46.0 Å². The van der Waals surface area contributed by atoms with Gasteiger partial charge in [0.25, 0.3) is 0 Å². The lowest BCUT2D eigenvalue weighted by molar-refractivity contribution is -0.119. The normalized spacial score (nSPS) is 18.4. The third kappa shape index (κ3) is 4.94. The van der Waals surface area contributed by atoms with Crippen molar-refractivity contribution in [2.75, 3.05) is 13.1 Å². The van der Waals surface area contributed by atoms with E-state index in [2.05, 4.69) is 15.6 Å². The second kappa shape index (κ2) is 9.40. The van der Waals surface area contributed by atoms with Crippen molar-refractivity contribution in [1.29, 1.82) is 0 Å². The molecule has 3 amide bonds. The molecule has 1 aliphatic carbocycles. The number of aryl methyl sites for hydroxylation is 1. The molecule has 1 aromatic carbocycles. The Morgan fingerprint density at radius 3 is 2.59 bits per heavy atom. The number of aromatic nitrogens is 2. The molecule has 9 nitrogen and oxygen atoms in total. The number of sulfonamides is 1. The number of nitrogens with zero attached hydrogens (tertiary/aromatic N) is 3. The van der Waals surface area contributed by atoms with Crippen LogP contribution >= 0.6 is 11.8 Å². The molecule has 2 fully saturated rings. The van der Waals surface area contributed by atoms with E-state index in [0.717, 1.165) is 37.6 Å². The number of amides is 3. The minimum Gasteiger partial charge on any atom is -0.335 e. The smallest absolute Gasteiger partial charge is 0.321 e. The Balaban J connectivity index is 1.53. The van der Waals surface area contributed by atoms with Gasteiger partial charge in [0.05, 0.1) is 21.2 Å². The first kappa shape index (κ1) is 23.1. The van der Waals surface area contributed by atoms with Gasteiger partial charge in [0, 0.05) is 25.7 Å². The van der Waals surface area contributed by atoms with Crippen LogP contribution in [0.2, 0.25) is 0 Å². The van der Waals surface area contributed by atoms with Crippen molar-refractivity contribution in [3.63, 3.8) is 0 Å². The van der Waals surface area contributed by atoms with Gasteiger partial charge in [0.15, 0.2) is 5.16 Å². The molecule has 1 saturated carbocycles. The number of thioether (sulfide) groups is 1. The maximum absolute atomic E-state index is 13.0. The van der Waals surface area contributed by atoms with Gasteiger partial charge in [-0.2, -0.15) is 4.31 Å². The van der Waals surface area contributed by atoms with Gasteiger partial charge in [-0.25, -0.2) is 18.2 Å². The van der Waals surface area contributed by atoms with Gasteiger partial charge in [-0.3, -0.25) is 10.1 Å². The molecule has 1 atom stereocenters. The lowest BCUT2D eigenvalue weighted by Gasteiger charge is -2.25. The molecule has 0 bridgehead atoms. The summed E-state index contributed by atoms with van der Waals surface area (Å²) in [6, 6.07) is 4.73. The second-order valence-electron chi connectivity index (χ2n) is 8.25. The maximum Gasteiger partial charge on any atom is 0.321 e. The van der Waals surface area contributed by atoms with E-state index in [1.165, 1.54) is 11.8 Å². The zero-order valence-electron chi connectivity index (χ0n) is 18.3. The quantitative estimate of drug-likeness (QED) is 0.591. The number of urea groups is 1. The molecule has 2 N–H and O–H groups in total. The van der Waals surface area contributed by atoms with Crippen LogP contribution in [0.15, 0.2) is 28.3 Å². The number of piperidine rings is 1. The largest absolute Gasteiger partial charge is 0.335 e. The van der Waals surface area contributed by atoms with Gasteiger partial charge < -0.3 is 9.88 Å². The topological polar surface area (TPSA) is 113 Å². The Hall–Kier alpha value is -2.11. The molecule has 32 heavy (non-hydrogen) atoms. The summed E-state index contributed by atoms with van der Waals surface area (Å²) in [6.07, 6.45) is 4.71. The molecule has 2 aliphatic rings. The van der Waals surface area contributed by atoms with Crippen LogP contribution in [0.3, 0.4) is 0 Å². The number of benzene rings is 1. The number of hydrogen-bond acceptors (Lipinski definition) is 6. The van der Waals surface area contributed by atoms with Crippen LogP contribution in [0, 0.1) is 0 Å². The highest BCUT2D eigenvalue weighted by molar-refractivity contribution is 8.00. The lowest BCUT2D eigenvalue weighted by atomic mass is 10.2. The van der Waals surface area contributed by atoms with Crippen LogP contribution < -0.4 is 10.6 Å². The number of imidazole rings is 1. The van der Waals surface area contributed by atoms with Crippen LogP contribution in [-0.2, 0) is 21.4 Å². The predicted molar refractivity (Wildman–Crippen MR) is 123 cm³/mol.